The minimum Gasteiger partial charge on any atom is -0.496 e. The van der Waals surface area contributed by atoms with Crippen LogP contribution in [0.2, 0.25) is 5.02 Å². The molecule has 0 unspecified atom stereocenters. The van der Waals surface area contributed by atoms with E-state index in [1.807, 2.05) is 12.1 Å². The number of halogens is 2. The van der Waals surface area contributed by atoms with Crippen LogP contribution in [0.5, 0.6) is 5.75 Å². The van der Waals surface area contributed by atoms with Gasteiger partial charge in [0.25, 0.3) is 5.91 Å². The lowest BCUT2D eigenvalue weighted by atomic mass is 10.1. The Kier molecular flexibility index (Phi) is 8.94. The van der Waals surface area contributed by atoms with Crippen molar-refractivity contribution in [1.82, 2.24) is 4.90 Å². The monoisotopic (exact) mass is 668 g/mol. The molecule has 11 heteroatoms. The Balaban J connectivity index is 1.27. The van der Waals surface area contributed by atoms with Crippen LogP contribution in [0.25, 0.3) is 17.0 Å². The SMILES string of the molecule is COc1ccc(C(=O)c2oc3ccccc3c2NC(=O)CCCN2C(=O)/C(=C/c3ccc(Cl)cc3)SC2=S)cc1Br. The van der Waals surface area contributed by atoms with Gasteiger partial charge in [-0.1, -0.05) is 59.8 Å². The summed E-state index contributed by atoms with van der Waals surface area (Å²) in [5, 5.41) is 4.09. The summed E-state index contributed by atoms with van der Waals surface area (Å²) in [6.45, 7) is 0.286. The number of rotatable bonds is 9. The first-order valence-corrected chi connectivity index (χ1v) is 14.9. The Morgan fingerprint density at radius 2 is 1.90 bits per heavy atom. The molecule has 7 nitrogen and oxygen atoms in total. The van der Waals surface area contributed by atoms with E-state index < -0.39 is 0 Å². The van der Waals surface area contributed by atoms with Crippen LogP contribution in [0.3, 0.4) is 0 Å². The number of hydrogen-bond acceptors (Lipinski definition) is 7. The van der Waals surface area contributed by atoms with Crippen LogP contribution < -0.4 is 10.1 Å². The lowest BCUT2D eigenvalue weighted by Crippen LogP contribution is -2.29. The number of thioether (sulfide) groups is 1. The van der Waals surface area contributed by atoms with E-state index in [4.69, 9.17) is 33.0 Å². The third-order valence-electron chi connectivity index (χ3n) is 6.31. The van der Waals surface area contributed by atoms with Gasteiger partial charge in [0.1, 0.15) is 15.7 Å². The Morgan fingerprint density at radius 1 is 1.15 bits per heavy atom. The molecule has 1 aliphatic heterocycles. The van der Waals surface area contributed by atoms with Gasteiger partial charge in [-0.3, -0.25) is 19.3 Å². The van der Waals surface area contributed by atoms with Crippen molar-refractivity contribution in [1.29, 1.82) is 0 Å². The van der Waals surface area contributed by atoms with Crippen molar-refractivity contribution in [3.63, 3.8) is 0 Å². The van der Waals surface area contributed by atoms with Crippen molar-refractivity contribution in [2.75, 3.05) is 19.0 Å². The van der Waals surface area contributed by atoms with Crippen molar-refractivity contribution in [3.05, 3.63) is 98.0 Å². The van der Waals surface area contributed by atoms with E-state index in [0.717, 1.165) is 5.56 Å². The number of nitrogens with zero attached hydrogens (tertiary/aromatic N) is 1. The van der Waals surface area contributed by atoms with E-state index in [1.54, 1.807) is 60.7 Å². The van der Waals surface area contributed by atoms with Gasteiger partial charge in [-0.05, 0) is 76.5 Å². The second-order valence-corrected chi connectivity index (χ2v) is 12.0. The molecule has 2 heterocycles. The normalized spacial score (nSPS) is 14.2. The van der Waals surface area contributed by atoms with Gasteiger partial charge in [0.05, 0.1) is 22.2 Å². The van der Waals surface area contributed by atoms with Gasteiger partial charge < -0.3 is 14.5 Å². The second kappa shape index (κ2) is 12.6. The second-order valence-electron chi connectivity index (χ2n) is 9.02. The number of methoxy groups -OCH3 is 1. The number of benzene rings is 3. The molecule has 1 N–H and O–H groups in total. The number of anilines is 1. The zero-order valence-corrected chi connectivity index (χ0v) is 25.6. The highest BCUT2D eigenvalue weighted by Crippen LogP contribution is 2.35. The van der Waals surface area contributed by atoms with Gasteiger partial charge in [-0.15, -0.1) is 0 Å². The molecule has 0 saturated carbocycles. The van der Waals surface area contributed by atoms with Crippen molar-refractivity contribution in [3.8, 4) is 5.75 Å². The van der Waals surface area contributed by atoms with Crippen LogP contribution in [-0.4, -0.2) is 40.5 Å². The summed E-state index contributed by atoms with van der Waals surface area (Å²) in [6, 6.07) is 19.2. The van der Waals surface area contributed by atoms with E-state index in [9.17, 15) is 14.4 Å². The number of ether oxygens (including phenoxy) is 1. The first-order valence-electron chi connectivity index (χ1n) is 12.5. The quantitative estimate of drug-likeness (QED) is 0.111. The Bertz CT molecular complexity index is 1720. The van der Waals surface area contributed by atoms with Gasteiger partial charge in [0, 0.05) is 28.9 Å². The number of carbonyl (C=O) groups excluding carboxylic acids is 3. The molecular weight excluding hydrogens is 648 g/mol. The third-order valence-corrected chi connectivity index (χ3v) is 8.56. The van der Waals surface area contributed by atoms with E-state index in [2.05, 4.69) is 21.2 Å². The molecule has 41 heavy (non-hydrogen) atoms. The number of amides is 2. The summed E-state index contributed by atoms with van der Waals surface area (Å²) in [7, 11) is 1.54. The fourth-order valence-corrected chi connectivity index (χ4v) is 6.25. The van der Waals surface area contributed by atoms with Crippen LogP contribution >= 0.6 is 51.5 Å². The summed E-state index contributed by atoms with van der Waals surface area (Å²) >= 11 is 16.0. The van der Waals surface area contributed by atoms with Gasteiger partial charge in [-0.25, -0.2) is 0 Å². The number of thiocarbonyl (C=S) groups is 1. The van der Waals surface area contributed by atoms with Crippen LogP contribution in [-0.2, 0) is 9.59 Å². The van der Waals surface area contributed by atoms with Crippen LogP contribution in [0.4, 0.5) is 5.69 Å². The molecule has 1 aliphatic rings. The van der Waals surface area contributed by atoms with E-state index in [-0.39, 0.29) is 36.3 Å². The smallest absolute Gasteiger partial charge is 0.266 e. The average molecular weight is 670 g/mol. The summed E-state index contributed by atoms with van der Waals surface area (Å²) in [4.78, 5) is 41.4. The number of ketones is 1. The van der Waals surface area contributed by atoms with Crippen molar-refractivity contribution < 1.29 is 23.5 Å². The number of nitrogens with one attached hydrogen (secondary N) is 1. The maximum absolute atomic E-state index is 13.4. The molecule has 0 aliphatic carbocycles. The first kappa shape index (κ1) is 29.1. The van der Waals surface area contributed by atoms with Gasteiger partial charge in [-0.2, -0.15) is 0 Å². The van der Waals surface area contributed by atoms with Crippen molar-refractivity contribution in [2.45, 2.75) is 12.8 Å². The third kappa shape index (κ3) is 6.41. The summed E-state index contributed by atoms with van der Waals surface area (Å²) in [5.74, 6) is -0.286. The zero-order valence-electron chi connectivity index (χ0n) is 21.6. The molecule has 3 aromatic carbocycles. The minimum absolute atomic E-state index is 0.0286. The molecule has 2 amide bonds. The van der Waals surface area contributed by atoms with Crippen molar-refractivity contribution >= 4 is 96.2 Å². The fourth-order valence-electron chi connectivity index (χ4n) is 4.27. The van der Waals surface area contributed by atoms with E-state index in [1.165, 1.54) is 23.8 Å². The van der Waals surface area contributed by atoms with Crippen LogP contribution in [0, 0.1) is 0 Å². The van der Waals surface area contributed by atoms with Crippen LogP contribution in [0.1, 0.15) is 34.5 Å². The molecule has 5 rings (SSSR count). The molecule has 208 valence electrons. The van der Waals surface area contributed by atoms with E-state index in [0.29, 0.717) is 53.1 Å². The molecule has 0 radical (unpaired) electrons. The fraction of sp³-hybridized carbons (Fsp3) is 0.133. The molecule has 1 aromatic heterocycles. The maximum Gasteiger partial charge on any atom is 0.266 e. The molecule has 1 fully saturated rings. The highest BCUT2D eigenvalue weighted by atomic mass is 79.9. The maximum atomic E-state index is 13.4. The molecule has 0 atom stereocenters. The highest BCUT2D eigenvalue weighted by molar-refractivity contribution is 9.10. The molecular formula is C30H22BrClN2O5S2. The Morgan fingerprint density at radius 3 is 2.63 bits per heavy atom. The largest absolute Gasteiger partial charge is 0.496 e. The van der Waals surface area contributed by atoms with Crippen LogP contribution in [0.15, 0.2) is 80.5 Å². The standard InChI is InChI=1S/C30H22BrClN2O5S2/c1-38-23-13-10-18(16-21(23)31)27(36)28-26(20-5-2-3-6-22(20)39-28)33-25(35)7-4-14-34-29(37)24(41-30(34)40)15-17-8-11-19(32)12-9-17/h2-3,5-6,8-13,15-16H,4,7,14H2,1H3,(H,33,35)/b24-15-. The number of fused-ring (bicyclic) bond motifs is 1. The highest BCUT2D eigenvalue weighted by Gasteiger charge is 2.32. The molecule has 0 bridgehead atoms. The number of para-hydroxylation sites is 1. The van der Waals surface area contributed by atoms with Crippen molar-refractivity contribution in [2.24, 2.45) is 0 Å². The number of carbonyl (C=O) groups is 3. The van der Waals surface area contributed by atoms with E-state index >= 15 is 0 Å². The summed E-state index contributed by atoms with van der Waals surface area (Å²) < 4.78 is 12.2. The van der Waals surface area contributed by atoms with Gasteiger partial charge in [0.15, 0.2) is 5.76 Å². The predicted molar refractivity (Wildman–Crippen MR) is 170 cm³/mol. The van der Waals surface area contributed by atoms with Gasteiger partial charge in [0.2, 0.25) is 11.7 Å². The first-order chi connectivity index (χ1) is 19.7. The molecule has 1 saturated heterocycles. The lowest BCUT2D eigenvalue weighted by molar-refractivity contribution is -0.122. The lowest BCUT2D eigenvalue weighted by Gasteiger charge is -2.14. The zero-order chi connectivity index (χ0) is 29.1. The van der Waals surface area contributed by atoms with Gasteiger partial charge >= 0.3 is 0 Å². The average Bonchev–Trinajstić information content (AvgIpc) is 3.45. The molecule has 0 spiro atoms. The summed E-state index contributed by atoms with van der Waals surface area (Å²) in [5.41, 5.74) is 1.99. The minimum atomic E-state index is -0.384. The Labute approximate surface area is 259 Å². The Hall–Kier alpha value is -3.44. The predicted octanol–water partition coefficient (Wildman–Crippen LogP) is 7.71. The summed E-state index contributed by atoms with van der Waals surface area (Å²) in [6.07, 6.45) is 2.25. The topological polar surface area (TPSA) is 88.8 Å². The molecule has 4 aromatic rings. The number of furan rings is 1. The number of hydrogen-bond donors (Lipinski definition) is 1.